The van der Waals surface area contributed by atoms with Crippen LogP contribution in [-0.2, 0) is 4.79 Å². The third-order valence-electron chi connectivity index (χ3n) is 4.27. The number of nitrogens with zero attached hydrogens (tertiary/aromatic N) is 2. The lowest BCUT2D eigenvalue weighted by Crippen LogP contribution is -2.47. The van der Waals surface area contributed by atoms with E-state index in [4.69, 9.17) is 16.0 Å². The highest BCUT2D eigenvalue weighted by Gasteiger charge is 2.19. The van der Waals surface area contributed by atoms with E-state index in [0.29, 0.717) is 40.3 Å². The smallest absolute Gasteiger partial charge is 0.275 e. The summed E-state index contributed by atoms with van der Waals surface area (Å²) >= 11 is 7.72. The fourth-order valence-electron chi connectivity index (χ4n) is 2.92. The summed E-state index contributed by atoms with van der Waals surface area (Å²) in [6.45, 7) is 3.38. The average Bonchev–Trinajstić information content (AvgIpc) is 3.31. The first kappa shape index (κ1) is 18.5. The van der Waals surface area contributed by atoms with Crippen LogP contribution in [0, 0.1) is 6.92 Å². The van der Waals surface area contributed by atoms with Crippen LogP contribution in [0.4, 0.5) is 11.4 Å². The zero-order chi connectivity index (χ0) is 19.7. The lowest BCUT2D eigenvalue weighted by atomic mass is 10.2. The van der Waals surface area contributed by atoms with Gasteiger partial charge in [0.15, 0.2) is 10.8 Å². The van der Waals surface area contributed by atoms with Crippen molar-refractivity contribution in [2.24, 2.45) is 0 Å². The summed E-state index contributed by atoms with van der Waals surface area (Å²) in [5, 5.41) is 8.38. The van der Waals surface area contributed by atoms with Crippen LogP contribution in [0.25, 0.3) is 10.8 Å². The molecule has 0 unspecified atom stereocenters. The minimum atomic E-state index is -0.327. The molecule has 0 saturated carbocycles. The van der Waals surface area contributed by atoms with Gasteiger partial charge in [-0.3, -0.25) is 9.59 Å². The number of benzene rings is 1. The highest BCUT2D eigenvalue weighted by Crippen LogP contribution is 2.30. The molecule has 1 aliphatic heterocycles. The maximum absolute atomic E-state index is 12.5. The molecule has 9 heteroatoms. The number of carbonyl (C=O) groups excluding carboxylic acids is 2. The van der Waals surface area contributed by atoms with Gasteiger partial charge in [0.1, 0.15) is 11.5 Å². The normalized spacial score (nSPS) is 14.1. The molecule has 0 spiro atoms. The van der Waals surface area contributed by atoms with Gasteiger partial charge in [0.05, 0.1) is 17.3 Å². The summed E-state index contributed by atoms with van der Waals surface area (Å²) in [6.07, 6.45) is 0. The Morgan fingerprint density at radius 3 is 2.93 bits per heavy atom. The molecule has 0 aliphatic carbocycles. The van der Waals surface area contributed by atoms with E-state index < -0.39 is 0 Å². The van der Waals surface area contributed by atoms with Gasteiger partial charge < -0.3 is 20.0 Å². The van der Waals surface area contributed by atoms with Crippen LogP contribution < -0.4 is 15.5 Å². The Bertz CT molecular complexity index is 1050. The first-order valence-electron chi connectivity index (χ1n) is 8.64. The number of furan rings is 1. The number of hydrogen-bond donors (Lipinski definition) is 2. The van der Waals surface area contributed by atoms with Crippen molar-refractivity contribution in [3.63, 3.8) is 0 Å². The Labute approximate surface area is 170 Å². The molecule has 1 fully saturated rings. The zero-order valence-corrected chi connectivity index (χ0v) is 16.6. The van der Waals surface area contributed by atoms with Crippen LogP contribution in [0.15, 0.2) is 40.1 Å². The van der Waals surface area contributed by atoms with E-state index in [9.17, 15) is 9.59 Å². The third-order valence-corrected chi connectivity index (χ3v) is 5.43. The number of aryl methyl sites for hydroxylation is 1. The molecule has 3 aromatic rings. The number of nitrogens with one attached hydrogen (secondary N) is 2. The van der Waals surface area contributed by atoms with E-state index in [2.05, 4.69) is 15.6 Å². The summed E-state index contributed by atoms with van der Waals surface area (Å²) in [6, 6.07) is 8.91. The van der Waals surface area contributed by atoms with Crippen molar-refractivity contribution >= 4 is 46.1 Å². The van der Waals surface area contributed by atoms with Crippen molar-refractivity contribution in [2.45, 2.75) is 6.92 Å². The average molecular weight is 417 g/mol. The first-order chi connectivity index (χ1) is 13.5. The second-order valence-corrected chi connectivity index (χ2v) is 7.61. The Morgan fingerprint density at radius 2 is 2.21 bits per heavy atom. The number of amides is 2. The quantitative estimate of drug-likeness (QED) is 0.679. The number of thiazole rings is 1. The van der Waals surface area contributed by atoms with Crippen molar-refractivity contribution in [3.05, 3.63) is 52.2 Å². The van der Waals surface area contributed by atoms with Crippen molar-refractivity contribution in [1.82, 2.24) is 10.3 Å². The molecule has 0 atom stereocenters. The number of hydrogen-bond acceptors (Lipinski definition) is 6. The van der Waals surface area contributed by atoms with Gasteiger partial charge in [-0.2, -0.15) is 0 Å². The topological polar surface area (TPSA) is 87.5 Å². The molecule has 4 rings (SSSR count). The predicted octanol–water partition coefficient (Wildman–Crippen LogP) is 3.55. The molecule has 0 bridgehead atoms. The maximum Gasteiger partial charge on any atom is 0.275 e. The molecule has 1 saturated heterocycles. The van der Waals surface area contributed by atoms with E-state index in [0.717, 1.165) is 11.4 Å². The summed E-state index contributed by atoms with van der Waals surface area (Å²) in [5.74, 6) is 1.06. The van der Waals surface area contributed by atoms with Crippen molar-refractivity contribution in [3.8, 4) is 10.8 Å². The number of piperazine rings is 1. The van der Waals surface area contributed by atoms with E-state index in [1.165, 1.54) is 11.3 Å². The highest BCUT2D eigenvalue weighted by molar-refractivity contribution is 7.13. The molecule has 2 aromatic heterocycles. The minimum Gasteiger partial charge on any atom is -0.459 e. The molecule has 2 amide bonds. The van der Waals surface area contributed by atoms with Gasteiger partial charge in [0.2, 0.25) is 5.91 Å². The van der Waals surface area contributed by atoms with Gasteiger partial charge in [-0.05, 0) is 37.3 Å². The summed E-state index contributed by atoms with van der Waals surface area (Å²) in [5.41, 5.74) is 1.63. The van der Waals surface area contributed by atoms with Gasteiger partial charge in [-0.25, -0.2) is 4.98 Å². The van der Waals surface area contributed by atoms with Crippen LogP contribution in [-0.4, -0.2) is 36.4 Å². The van der Waals surface area contributed by atoms with Crippen LogP contribution in [0.1, 0.15) is 16.2 Å². The maximum atomic E-state index is 12.5. The molecule has 7 nitrogen and oxygen atoms in total. The standard InChI is InChI=1S/C19H17ClN4O3S/c1-11-2-5-16(27-11)19-23-14(10-28-19)18(26)22-12-3-4-15(13(20)8-12)24-7-6-21-17(25)9-24/h2-5,8,10H,6-7,9H2,1H3,(H,21,25)(H,22,26). The number of rotatable bonds is 4. The highest BCUT2D eigenvalue weighted by atomic mass is 35.5. The molecular formula is C19H17ClN4O3S. The number of halogens is 1. The van der Waals surface area contributed by atoms with Gasteiger partial charge in [-0.1, -0.05) is 11.6 Å². The lowest BCUT2D eigenvalue weighted by Gasteiger charge is -2.29. The van der Waals surface area contributed by atoms with Gasteiger partial charge >= 0.3 is 0 Å². The molecule has 1 aromatic carbocycles. The number of carbonyl (C=O) groups is 2. The Hall–Kier alpha value is -2.84. The largest absolute Gasteiger partial charge is 0.459 e. The minimum absolute atomic E-state index is 0.0363. The van der Waals surface area contributed by atoms with Gasteiger partial charge in [-0.15, -0.1) is 11.3 Å². The predicted molar refractivity (Wildman–Crippen MR) is 109 cm³/mol. The van der Waals surface area contributed by atoms with Crippen LogP contribution in [0.3, 0.4) is 0 Å². The van der Waals surface area contributed by atoms with Crippen molar-refractivity contribution in [1.29, 1.82) is 0 Å². The van der Waals surface area contributed by atoms with Crippen molar-refractivity contribution in [2.75, 3.05) is 29.9 Å². The number of anilines is 2. The summed E-state index contributed by atoms with van der Waals surface area (Å²) in [7, 11) is 0. The van der Waals surface area contributed by atoms with Gasteiger partial charge in [0, 0.05) is 24.2 Å². The second-order valence-electron chi connectivity index (χ2n) is 6.34. The van der Waals surface area contributed by atoms with E-state index in [1.807, 2.05) is 24.0 Å². The van der Waals surface area contributed by atoms with Crippen LogP contribution in [0.5, 0.6) is 0 Å². The molecule has 1 aliphatic rings. The monoisotopic (exact) mass is 416 g/mol. The van der Waals surface area contributed by atoms with Crippen LogP contribution >= 0.6 is 22.9 Å². The molecular weight excluding hydrogens is 400 g/mol. The first-order valence-corrected chi connectivity index (χ1v) is 9.90. The third kappa shape index (κ3) is 3.88. The lowest BCUT2D eigenvalue weighted by molar-refractivity contribution is -0.120. The number of aromatic nitrogens is 1. The SMILES string of the molecule is Cc1ccc(-c2nc(C(=O)Nc3ccc(N4CCNC(=O)C4)c(Cl)c3)cs2)o1. The molecule has 3 heterocycles. The summed E-state index contributed by atoms with van der Waals surface area (Å²) in [4.78, 5) is 30.3. The van der Waals surface area contributed by atoms with E-state index >= 15 is 0 Å². The zero-order valence-electron chi connectivity index (χ0n) is 15.0. The Balaban J connectivity index is 1.47. The molecule has 0 radical (unpaired) electrons. The fraction of sp³-hybridized carbons (Fsp3) is 0.211. The molecule has 28 heavy (non-hydrogen) atoms. The van der Waals surface area contributed by atoms with E-state index in [-0.39, 0.29) is 18.4 Å². The second kappa shape index (κ2) is 7.65. The Kier molecular flexibility index (Phi) is 5.06. The van der Waals surface area contributed by atoms with Crippen molar-refractivity contribution < 1.29 is 14.0 Å². The Morgan fingerprint density at radius 1 is 1.36 bits per heavy atom. The molecule has 144 valence electrons. The van der Waals surface area contributed by atoms with Gasteiger partial charge in [0.25, 0.3) is 5.91 Å². The fourth-order valence-corrected chi connectivity index (χ4v) is 3.98. The van der Waals surface area contributed by atoms with E-state index in [1.54, 1.807) is 23.6 Å². The summed E-state index contributed by atoms with van der Waals surface area (Å²) < 4.78 is 5.54. The molecule has 2 N–H and O–H groups in total. The van der Waals surface area contributed by atoms with Crippen LogP contribution in [0.2, 0.25) is 5.02 Å².